The quantitative estimate of drug-likeness (QED) is 0.492. The molecule has 1 aliphatic rings. The third-order valence-corrected chi connectivity index (χ3v) is 3.97. The molecule has 0 spiro atoms. The molecule has 1 aliphatic heterocycles. The third-order valence-electron chi connectivity index (χ3n) is 3.97. The van der Waals surface area contributed by atoms with Crippen molar-refractivity contribution in [3.05, 3.63) is 0 Å². The van der Waals surface area contributed by atoms with Crippen LogP contribution in [0.4, 0.5) is 0 Å². The maximum absolute atomic E-state index is 6.08. The van der Waals surface area contributed by atoms with E-state index >= 15 is 0 Å². The fourth-order valence-corrected chi connectivity index (χ4v) is 2.94. The van der Waals surface area contributed by atoms with E-state index in [1.807, 2.05) is 0 Å². The highest BCUT2D eigenvalue weighted by Crippen LogP contribution is 2.33. The van der Waals surface area contributed by atoms with Crippen molar-refractivity contribution < 1.29 is 9.47 Å². The molecule has 2 heteroatoms. The summed E-state index contributed by atoms with van der Waals surface area (Å²) < 4.78 is 12.2. The molecule has 0 N–H and O–H groups in total. The minimum absolute atomic E-state index is 0.327. The molecule has 1 fully saturated rings. The smallest absolute Gasteiger partial charge is 0.163 e. The SMILES string of the molecule is CCCCCC[C@@H]1OC(C)(C)O[C@H]1CCCCCC. The van der Waals surface area contributed by atoms with Gasteiger partial charge in [0.05, 0.1) is 12.2 Å². The molecule has 2 atom stereocenters. The second-order valence-corrected chi connectivity index (χ2v) is 6.41. The molecule has 0 aliphatic carbocycles. The molecule has 0 aromatic heterocycles. The van der Waals surface area contributed by atoms with Gasteiger partial charge in [0.2, 0.25) is 0 Å². The van der Waals surface area contributed by atoms with E-state index in [0.717, 1.165) is 0 Å². The van der Waals surface area contributed by atoms with Gasteiger partial charge in [-0.2, -0.15) is 0 Å². The molecule has 114 valence electrons. The summed E-state index contributed by atoms with van der Waals surface area (Å²) in [6.45, 7) is 8.62. The lowest BCUT2D eigenvalue weighted by molar-refractivity contribution is -0.147. The fraction of sp³-hybridized carbons (Fsp3) is 1.00. The lowest BCUT2D eigenvalue weighted by atomic mass is 10.0. The number of unbranched alkanes of at least 4 members (excludes halogenated alkanes) is 6. The van der Waals surface area contributed by atoms with E-state index in [4.69, 9.17) is 9.47 Å². The van der Waals surface area contributed by atoms with Gasteiger partial charge in [-0.3, -0.25) is 0 Å². The maximum Gasteiger partial charge on any atom is 0.163 e. The molecule has 0 aromatic carbocycles. The Morgan fingerprint density at radius 2 is 1.11 bits per heavy atom. The highest BCUT2D eigenvalue weighted by atomic mass is 16.7. The van der Waals surface area contributed by atoms with Crippen LogP contribution in [0.1, 0.15) is 91.9 Å². The van der Waals surface area contributed by atoms with Gasteiger partial charge in [-0.1, -0.05) is 65.2 Å². The fourth-order valence-electron chi connectivity index (χ4n) is 2.94. The van der Waals surface area contributed by atoms with Crippen LogP contribution in [0.25, 0.3) is 0 Å². The van der Waals surface area contributed by atoms with Gasteiger partial charge in [-0.25, -0.2) is 0 Å². The molecular weight excluding hydrogens is 236 g/mol. The van der Waals surface area contributed by atoms with Crippen molar-refractivity contribution in [3.63, 3.8) is 0 Å². The van der Waals surface area contributed by atoms with Crippen LogP contribution in [-0.2, 0) is 9.47 Å². The number of hydrogen-bond acceptors (Lipinski definition) is 2. The average Bonchev–Trinajstić information content (AvgIpc) is 2.65. The number of ether oxygens (including phenoxy) is 2. The minimum Gasteiger partial charge on any atom is -0.345 e. The van der Waals surface area contributed by atoms with Crippen LogP contribution in [0.15, 0.2) is 0 Å². The first-order valence-corrected chi connectivity index (χ1v) is 8.44. The summed E-state index contributed by atoms with van der Waals surface area (Å²) in [5.41, 5.74) is 0. The van der Waals surface area contributed by atoms with Crippen LogP contribution < -0.4 is 0 Å². The number of rotatable bonds is 10. The van der Waals surface area contributed by atoms with Crippen LogP contribution in [0.3, 0.4) is 0 Å². The second kappa shape index (κ2) is 8.97. The Morgan fingerprint density at radius 3 is 1.47 bits per heavy atom. The van der Waals surface area contributed by atoms with E-state index in [-0.39, 0.29) is 5.79 Å². The average molecular weight is 270 g/mol. The van der Waals surface area contributed by atoms with E-state index in [9.17, 15) is 0 Å². The monoisotopic (exact) mass is 270 g/mol. The molecule has 0 unspecified atom stereocenters. The Hall–Kier alpha value is -0.0800. The first-order valence-electron chi connectivity index (χ1n) is 8.44. The van der Waals surface area contributed by atoms with E-state index in [1.54, 1.807) is 0 Å². The van der Waals surface area contributed by atoms with Gasteiger partial charge in [0.1, 0.15) is 0 Å². The molecule has 1 rings (SSSR count). The zero-order valence-electron chi connectivity index (χ0n) is 13.5. The van der Waals surface area contributed by atoms with E-state index in [0.29, 0.717) is 12.2 Å². The normalized spacial score (nSPS) is 25.9. The van der Waals surface area contributed by atoms with Crippen molar-refractivity contribution in [2.45, 2.75) is 110 Å². The van der Waals surface area contributed by atoms with Gasteiger partial charge in [0.15, 0.2) is 5.79 Å². The molecule has 0 amide bonds. The van der Waals surface area contributed by atoms with E-state index < -0.39 is 0 Å². The summed E-state index contributed by atoms with van der Waals surface area (Å²) in [4.78, 5) is 0. The third kappa shape index (κ3) is 6.76. The van der Waals surface area contributed by atoms with Crippen molar-refractivity contribution in [1.29, 1.82) is 0 Å². The molecule has 1 saturated heterocycles. The summed E-state index contributed by atoms with van der Waals surface area (Å²) >= 11 is 0. The maximum atomic E-state index is 6.08. The Balaban J connectivity index is 2.28. The Bertz CT molecular complexity index is 203. The lowest BCUT2D eigenvalue weighted by Gasteiger charge is -2.16. The summed E-state index contributed by atoms with van der Waals surface area (Å²) in [7, 11) is 0. The summed E-state index contributed by atoms with van der Waals surface area (Å²) in [6.07, 6.45) is 13.5. The highest BCUT2D eigenvalue weighted by molar-refractivity contribution is 4.81. The first-order chi connectivity index (χ1) is 9.09. The molecule has 1 heterocycles. The molecular formula is C17H34O2. The van der Waals surface area contributed by atoms with Gasteiger partial charge in [0.25, 0.3) is 0 Å². The summed E-state index contributed by atoms with van der Waals surface area (Å²) in [6, 6.07) is 0. The lowest BCUT2D eigenvalue weighted by Crippen LogP contribution is -2.22. The summed E-state index contributed by atoms with van der Waals surface area (Å²) in [5.74, 6) is -0.370. The standard InChI is InChI=1S/C17H34O2/c1-5-7-9-11-13-15-16(14-12-10-8-6-2)19-17(3,4)18-15/h15-16H,5-14H2,1-4H3/t15-,16-/m0/s1. The Kier molecular flexibility index (Phi) is 8.01. The van der Waals surface area contributed by atoms with E-state index in [1.165, 1.54) is 64.2 Å². The largest absolute Gasteiger partial charge is 0.345 e. The van der Waals surface area contributed by atoms with Crippen molar-refractivity contribution >= 4 is 0 Å². The van der Waals surface area contributed by atoms with Crippen LogP contribution >= 0.6 is 0 Å². The van der Waals surface area contributed by atoms with Crippen molar-refractivity contribution in [1.82, 2.24) is 0 Å². The van der Waals surface area contributed by atoms with Crippen molar-refractivity contribution in [3.8, 4) is 0 Å². The molecule has 0 bridgehead atoms. The van der Waals surface area contributed by atoms with Crippen molar-refractivity contribution in [2.24, 2.45) is 0 Å². The predicted molar refractivity (Wildman–Crippen MR) is 81.3 cm³/mol. The van der Waals surface area contributed by atoms with Crippen molar-refractivity contribution in [2.75, 3.05) is 0 Å². The van der Waals surface area contributed by atoms with Gasteiger partial charge >= 0.3 is 0 Å². The van der Waals surface area contributed by atoms with Crippen LogP contribution in [0.5, 0.6) is 0 Å². The number of hydrogen-bond donors (Lipinski definition) is 0. The van der Waals surface area contributed by atoms with Crippen LogP contribution in [0, 0.1) is 0 Å². The molecule has 0 saturated carbocycles. The highest BCUT2D eigenvalue weighted by Gasteiger charge is 2.40. The van der Waals surface area contributed by atoms with Crippen LogP contribution in [0.2, 0.25) is 0 Å². The topological polar surface area (TPSA) is 18.5 Å². The van der Waals surface area contributed by atoms with Gasteiger partial charge in [-0.15, -0.1) is 0 Å². The Morgan fingerprint density at radius 1 is 0.684 bits per heavy atom. The Labute approximate surface area is 120 Å². The molecule has 0 radical (unpaired) electrons. The minimum atomic E-state index is -0.370. The van der Waals surface area contributed by atoms with Crippen LogP contribution in [-0.4, -0.2) is 18.0 Å². The molecule has 0 aromatic rings. The molecule has 19 heavy (non-hydrogen) atoms. The first kappa shape index (κ1) is 17.0. The summed E-state index contributed by atoms with van der Waals surface area (Å²) in [5, 5.41) is 0. The zero-order chi connectivity index (χ0) is 14.1. The van der Waals surface area contributed by atoms with Gasteiger partial charge in [0, 0.05) is 0 Å². The second-order valence-electron chi connectivity index (χ2n) is 6.41. The van der Waals surface area contributed by atoms with E-state index in [2.05, 4.69) is 27.7 Å². The molecule has 2 nitrogen and oxygen atoms in total. The van der Waals surface area contributed by atoms with Gasteiger partial charge in [-0.05, 0) is 26.7 Å². The van der Waals surface area contributed by atoms with Gasteiger partial charge < -0.3 is 9.47 Å². The predicted octanol–water partition coefficient (Wildman–Crippen LogP) is 5.45. The zero-order valence-corrected chi connectivity index (χ0v) is 13.5.